The topological polar surface area (TPSA) is 75.4 Å². The lowest BCUT2D eigenvalue weighted by molar-refractivity contribution is 0.0917. The van der Waals surface area contributed by atoms with Crippen molar-refractivity contribution in [2.45, 2.75) is 32.7 Å². The maximum atomic E-state index is 12.9. The molecule has 140 valence electrons. The molecule has 1 amide bonds. The predicted octanol–water partition coefficient (Wildman–Crippen LogP) is 2.31. The van der Waals surface area contributed by atoms with E-state index in [0.717, 1.165) is 36.6 Å². The van der Waals surface area contributed by atoms with Crippen molar-refractivity contribution >= 4 is 11.7 Å². The number of nitrogens with one attached hydrogen (secondary N) is 1. The lowest BCUT2D eigenvalue weighted by Gasteiger charge is -2.24. The first-order valence-electron chi connectivity index (χ1n) is 9.39. The van der Waals surface area contributed by atoms with Gasteiger partial charge in [-0.3, -0.25) is 4.79 Å². The van der Waals surface area contributed by atoms with Crippen LogP contribution in [0.2, 0.25) is 0 Å². The fourth-order valence-corrected chi connectivity index (χ4v) is 3.63. The van der Waals surface area contributed by atoms with Gasteiger partial charge in [0.1, 0.15) is 0 Å². The van der Waals surface area contributed by atoms with Crippen LogP contribution in [0.4, 0.5) is 0 Å². The Kier molecular flexibility index (Phi) is 4.85. The van der Waals surface area contributed by atoms with Crippen molar-refractivity contribution in [1.82, 2.24) is 29.8 Å². The van der Waals surface area contributed by atoms with Gasteiger partial charge in [0.15, 0.2) is 0 Å². The quantitative estimate of drug-likeness (QED) is 0.752. The minimum Gasteiger partial charge on any atom is -0.341 e. The Morgan fingerprint density at radius 1 is 1.15 bits per heavy atom. The van der Waals surface area contributed by atoms with E-state index < -0.39 is 0 Å². The van der Waals surface area contributed by atoms with Crippen LogP contribution in [-0.4, -0.2) is 50.0 Å². The number of aryl methyl sites for hydroxylation is 2. The standard InChI is InChI=1S/C20H24N6O/c1-14-12-15(2)26-20(21-14)23-18(24-26)19(27)22-17(13-25-10-6-7-11-25)16-8-4-3-5-9-16/h3-5,8-9,12,17H,6-7,10-11,13H2,1-2H3,(H,22,27). The Morgan fingerprint density at radius 2 is 1.89 bits per heavy atom. The molecule has 0 aliphatic carbocycles. The van der Waals surface area contributed by atoms with Gasteiger partial charge in [-0.25, -0.2) is 9.50 Å². The van der Waals surface area contributed by atoms with Crippen LogP contribution in [0, 0.1) is 13.8 Å². The van der Waals surface area contributed by atoms with E-state index in [9.17, 15) is 4.79 Å². The molecule has 1 aliphatic rings. The fraction of sp³-hybridized carbons (Fsp3) is 0.400. The second kappa shape index (κ2) is 7.44. The summed E-state index contributed by atoms with van der Waals surface area (Å²) in [4.78, 5) is 24.0. The Labute approximate surface area is 158 Å². The third-order valence-electron chi connectivity index (χ3n) is 4.97. The highest BCUT2D eigenvalue weighted by atomic mass is 16.2. The van der Waals surface area contributed by atoms with Crippen LogP contribution >= 0.6 is 0 Å². The predicted molar refractivity (Wildman–Crippen MR) is 103 cm³/mol. The van der Waals surface area contributed by atoms with Crippen LogP contribution in [0.3, 0.4) is 0 Å². The third kappa shape index (κ3) is 3.83. The normalized spacial score (nSPS) is 15.9. The van der Waals surface area contributed by atoms with Gasteiger partial charge in [-0.2, -0.15) is 4.98 Å². The maximum Gasteiger partial charge on any atom is 0.291 e. The molecule has 7 nitrogen and oxygen atoms in total. The summed E-state index contributed by atoms with van der Waals surface area (Å²) >= 11 is 0. The molecular weight excluding hydrogens is 340 g/mol. The number of rotatable bonds is 5. The number of nitrogens with zero attached hydrogens (tertiary/aromatic N) is 5. The van der Waals surface area contributed by atoms with E-state index in [2.05, 4.69) is 25.3 Å². The Morgan fingerprint density at radius 3 is 2.63 bits per heavy atom. The third-order valence-corrected chi connectivity index (χ3v) is 4.97. The van der Waals surface area contributed by atoms with E-state index in [1.54, 1.807) is 4.52 Å². The maximum absolute atomic E-state index is 12.9. The van der Waals surface area contributed by atoms with Crippen molar-refractivity contribution in [2.24, 2.45) is 0 Å². The monoisotopic (exact) mass is 364 g/mol. The molecule has 0 saturated carbocycles. The number of likely N-dealkylation sites (tertiary alicyclic amines) is 1. The lowest BCUT2D eigenvalue weighted by atomic mass is 10.1. The summed E-state index contributed by atoms with van der Waals surface area (Å²) in [6.45, 7) is 6.78. The molecule has 3 aromatic rings. The second-order valence-electron chi connectivity index (χ2n) is 7.13. The van der Waals surface area contributed by atoms with E-state index in [-0.39, 0.29) is 17.8 Å². The highest BCUT2D eigenvalue weighted by molar-refractivity contribution is 5.91. The first-order valence-corrected chi connectivity index (χ1v) is 9.39. The van der Waals surface area contributed by atoms with Crippen molar-refractivity contribution in [3.8, 4) is 0 Å². The molecule has 0 spiro atoms. The average molecular weight is 364 g/mol. The van der Waals surface area contributed by atoms with Gasteiger partial charge >= 0.3 is 0 Å². The van der Waals surface area contributed by atoms with Crippen LogP contribution in [0.25, 0.3) is 5.78 Å². The zero-order valence-corrected chi connectivity index (χ0v) is 15.7. The van der Waals surface area contributed by atoms with Crippen LogP contribution in [0.15, 0.2) is 36.4 Å². The van der Waals surface area contributed by atoms with Crippen molar-refractivity contribution in [3.05, 3.63) is 59.2 Å². The number of carbonyl (C=O) groups excluding carboxylic acids is 1. The summed E-state index contributed by atoms with van der Waals surface area (Å²) in [6, 6.07) is 11.9. The highest BCUT2D eigenvalue weighted by Gasteiger charge is 2.23. The Bertz CT molecular complexity index is 946. The number of aromatic nitrogens is 4. The van der Waals surface area contributed by atoms with Gasteiger partial charge in [0, 0.05) is 17.9 Å². The molecule has 1 aliphatic heterocycles. The van der Waals surface area contributed by atoms with E-state index in [1.165, 1.54) is 12.8 Å². The molecule has 1 saturated heterocycles. The van der Waals surface area contributed by atoms with Crippen LogP contribution in [0.5, 0.6) is 0 Å². The molecule has 0 bridgehead atoms. The van der Waals surface area contributed by atoms with Gasteiger partial charge in [-0.05, 0) is 51.4 Å². The molecule has 2 aromatic heterocycles. The molecule has 0 radical (unpaired) electrons. The zero-order chi connectivity index (χ0) is 18.8. The van der Waals surface area contributed by atoms with Crippen molar-refractivity contribution in [1.29, 1.82) is 0 Å². The van der Waals surface area contributed by atoms with Crippen LogP contribution in [0.1, 0.15) is 46.5 Å². The molecule has 4 rings (SSSR count). The molecule has 7 heteroatoms. The van der Waals surface area contributed by atoms with E-state index in [0.29, 0.717) is 5.78 Å². The first-order chi connectivity index (χ1) is 13.1. The van der Waals surface area contributed by atoms with Gasteiger partial charge in [-0.1, -0.05) is 30.3 Å². The largest absolute Gasteiger partial charge is 0.341 e. The van der Waals surface area contributed by atoms with Gasteiger partial charge in [0.25, 0.3) is 11.7 Å². The number of amides is 1. The van der Waals surface area contributed by atoms with Gasteiger partial charge in [-0.15, -0.1) is 5.10 Å². The SMILES string of the molecule is Cc1cc(C)n2nc(C(=O)NC(CN3CCCC3)c3ccccc3)nc2n1. The van der Waals surface area contributed by atoms with Crippen LogP contribution in [-0.2, 0) is 0 Å². The first kappa shape index (κ1) is 17.6. The van der Waals surface area contributed by atoms with E-state index in [1.807, 2.05) is 50.2 Å². The molecule has 1 fully saturated rings. The summed E-state index contributed by atoms with van der Waals surface area (Å²) < 4.78 is 1.61. The summed E-state index contributed by atoms with van der Waals surface area (Å²) in [7, 11) is 0. The summed E-state index contributed by atoms with van der Waals surface area (Å²) in [5, 5.41) is 7.47. The average Bonchev–Trinajstić information content (AvgIpc) is 3.31. The number of hydrogen-bond donors (Lipinski definition) is 1. The van der Waals surface area contributed by atoms with Gasteiger partial charge < -0.3 is 10.2 Å². The number of carbonyl (C=O) groups is 1. The van der Waals surface area contributed by atoms with Gasteiger partial charge in [0.05, 0.1) is 6.04 Å². The van der Waals surface area contributed by atoms with Gasteiger partial charge in [0.2, 0.25) is 5.82 Å². The molecule has 1 unspecified atom stereocenters. The number of benzene rings is 1. The minimum atomic E-state index is -0.273. The smallest absolute Gasteiger partial charge is 0.291 e. The lowest BCUT2D eigenvalue weighted by Crippen LogP contribution is -2.37. The molecule has 1 aromatic carbocycles. The Hall–Kier alpha value is -2.80. The summed E-state index contributed by atoms with van der Waals surface area (Å²) in [5.41, 5.74) is 2.85. The van der Waals surface area contributed by atoms with E-state index in [4.69, 9.17) is 0 Å². The molecule has 27 heavy (non-hydrogen) atoms. The van der Waals surface area contributed by atoms with E-state index >= 15 is 0 Å². The van der Waals surface area contributed by atoms with Crippen LogP contribution < -0.4 is 5.32 Å². The molecule has 1 N–H and O–H groups in total. The molecule has 3 heterocycles. The summed E-state index contributed by atoms with van der Waals surface area (Å²) in [5.74, 6) is 0.331. The number of fused-ring (bicyclic) bond motifs is 1. The van der Waals surface area contributed by atoms with Crippen molar-refractivity contribution in [2.75, 3.05) is 19.6 Å². The number of hydrogen-bond acceptors (Lipinski definition) is 5. The van der Waals surface area contributed by atoms with Crippen molar-refractivity contribution < 1.29 is 4.79 Å². The summed E-state index contributed by atoms with van der Waals surface area (Å²) in [6.07, 6.45) is 2.43. The highest BCUT2D eigenvalue weighted by Crippen LogP contribution is 2.18. The minimum absolute atomic E-state index is 0.0980. The fourth-order valence-electron chi connectivity index (χ4n) is 3.63. The second-order valence-corrected chi connectivity index (χ2v) is 7.13. The van der Waals surface area contributed by atoms with Crippen molar-refractivity contribution in [3.63, 3.8) is 0 Å². The Balaban J connectivity index is 1.58. The zero-order valence-electron chi connectivity index (χ0n) is 15.7. The molecule has 1 atom stereocenters. The molecular formula is C20H24N6O.